The summed E-state index contributed by atoms with van der Waals surface area (Å²) >= 11 is 0. The zero-order valence-electron chi connectivity index (χ0n) is 17.8. The fraction of sp³-hybridized carbons (Fsp3) is 0.545. The molecule has 3 fully saturated rings. The molecule has 9 nitrogen and oxygen atoms in total. The average Bonchev–Trinajstić information content (AvgIpc) is 3.59. The third kappa shape index (κ3) is 4.87. The molecule has 1 aromatic rings. The Kier molecular flexibility index (Phi) is 5.95. The normalized spacial score (nSPS) is 24.3. The molecule has 3 aliphatic rings. The van der Waals surface area contributed by atoms with Crippen molar-refractivity contribution < 1.29 is 19.2 Å². The van der Waals surface area contributed by atoms with Crippen molar-refractivity contribution in [3.8, 4) is 0 Å². The average molecular weight is 428 g/mol. The largest absolute Gasteiger partial charge is 0.344 e. The van der Waals surface area contributed by atoms with E-state index in [2.05, 4.69) is 10.7 Å². The number of piperazine rings is 1. The predicted molar refractivity (Wildman–Crippen MR) is 112 cm³/mol. The van der Waals surface area contributed by atoms with Gasteiger partial charge >= 0.3 is 6.03 Å². The summed E-state index contributed by atoms with van der Waals surface area (Å²) in [6.07, 6.45) is 3.04. The number of benzene rings is 1. The molecule has 1 atom stereocenters. The summed E-state index contributed by atoms with van der Waals surface area (Å²) in [4.78, 5) is 53.6. The molecule has 4 rings (SSSR count). The highest BCUT2D eigenvalue weighted by Crippen LogP contribution is 2.31. The number of nitrogens with one attached hydrogen (secondary N) is 2. The number of rotatable bonds is 7. The van der Waals surface area contributed by atoms with Crippen molar-refractivity contribution in [1.29, 1.82) is 0 Å². The standard InChI is InChI=1S/C22H29N5O4/c1-22(10-9-16-5-3-2-4-6-16)20(30)27(21(31)23-22)24-18(28)15-25-11-13-26(14-12-25)19(29)17-7-8-17/h2-6,17H,7-15H2,1H3,(H,23,31)(H,24,28)/t22-/m0/s1. The van der Waals surface area contributed by atoms with Crippen LogP contribution in [0.1, 0.15) is 31.7 Å². The number of hydrazine groups is 1. The minimum atomic E-state index is -1.06. The molecule has 2 saturated heterocycles. The van der Waals surface area contributed by atoms with E-state index >= 15 is 0 Å². The van der Waals surface area contributed by atoms with E-state index in [-0.39, 0.29) is 18.4 Å². The van der Waals surface area contributed by atoms with Gasteiger partial charge in [0.2, 0.25) is 5.91 Å². The van der Waals surface area contributed by atoms with Crippen LogP contribution in [0.3, 0.4) is 0 Å². The minimum absolute atomic E-state index is 0.0727. The maximum atomic E-state index is 12.8. The van der Waals surface area contributed by atoms with Crippen LogP contribution in [0.15, 0.2) is 30.3 Å². The van der Waals surface area contributed by atoms with E-state index in [1.54, 1.807) is 6.92 Å². The van der Waals surface area contributed by atoms with Crippen LogP contribution in [0, 0.1) is 5.92 Å². The molecule has 0 aromatic heterocycles. The van der Waals surface area contributed by atoms with Crippen LogP contribution in [0.2, 0.25) is 0 Å². The van der Waals surface area contributed by atoms with Gasteiger partial charge in [0, 0.05) is 32.1 Å². The van der Waals surface area contributed by atoms with Gasteiger partial charge in [0.15, 0.2) is 0 Å². The first-order chi connectivity index (χ1) is 14.9. The molecule has 1 aromatic carbocycles. The highest BCUT2D eigenvalue weighted by atomic mass is 16.2. The van der Waals surface area contributed by atoms with Crippen LogP contribution in [0.25, 0.3) is 0 Å². The highest BCUT2D eigenvalue weighted by Gasteiger charge is 2.48. The highest BCUT2D eigenvalue weighted by molar-refractivity contribution is 6.07. The SMILES string of the molecule is C[C@@]1(CCc2ccccc2)NC(=O)N(NC(=O)CN2CCN(C(=O)C3CC3)CC2)C1=O. The van der Waals surface area contributed by atoms with E-state index in [0.717, 1.165) is 23.4 Å². The maximum absolute atomic E-state index is 12.8. The molecule has 0 unspecified atom stereocenters. The van der Waals surface area contributed by atoms with Crippen LogP contribution in [-0.4, -0.2) is 76.8 Å². The predicted octanol–water partition coefficient (Wildman–Crippen LogP) is 0.515. The number of hydrogen-bond acceptors (Lipinski definition) is 5. The third-order valence-corrected chi connectivity index (χ3v) is 6.23. The Morgan fingerprint density at radius 1 is 1.10 bits per heavy atom. The summed E-state index contributed by atoms with van der Waals surface area (Å²) in [6.45, 7) is 4.15. The Hall–Kier alpha value is -2.94. The van der Waals surface area contributed by atoms with Gasteiger partial charge in [-0.15, -0.1) is 0 Å². The lowest BCUT2D eigenvalue weighted by molar-refractivity contribution is -0.140. The molecule has 5 amide bonds. The monoisotopic (exact) mass is 427 g/mol. The summed E-state index contributed by atoms with van der Waals surface area (Å²) in [6, 6.07) is 9.12. The van der Waals surface area contributed by atoms with E-state index in [1.807, 2.05) is 40.1 Å². The van der Waals surface area contributed by atoms with Crippen molar-refractivity contribution >= 4 is 23.8 Å². The van der Waals surface area contributed by atoms with Crippen molar-refractivity contribution in [3.05, 3.63) is 35.9 Å². The quantitative estimate of drug-likeness (QED) is 0.618. The minimum Gasteiger partial charge on any atom is -0.340 e. The Morgan fingerprint density at radius 2 is 1.77 bits per heavy atom. The Labute approximate surface area is 181 Å². The van der Waals surface area contributed by atoms with Crippen LogP contribution in [0.4, 0.5) is 4.79 Å². The summed E-state index contributed by atoms with van der Waals surface area (Å²) < 4.78 is 0. The number of nitrogens with zero attached hydrogens (tertiary/aromatic N) is 3. The molecule has 31 heavy (non-hydrogen) atoms. The first-order valence-corrected chi connectivity index (χ1v) is 10.9. The Balaban J connectivity index is 1.25. The van der Waals surface area contributed by atoms with Crippen LogP contribution < -0.4 is 10.7 Å². The Morgan fingerprint density at radius 3 is 2.42 bits per heavy atom. The second-order valence-electron chi connectivity index (χ2n) is 8.80. The lowest BCUT2D eigenvalue weighted by Crippen LogP contribution is -2.54. The lowest BCUT2D eigenvalue weighted by atomic mass is 9.93. The lowest BCUT2D eigenvalue weighted by Gasteiger charge is -2.34. The first kappa shape index (κ1) is 21.3. The molecule has 0 radical (unpaired) electrons. The van der Waals surface area contributed by atoms with E-state index < -0.39 is 23.4 Å². The second-order valence-corrected chi connectivity index (χ2v) is 8.80. The van der Waals surface area contributed by atoms with Gasteiger partial charge in [0.1, 0.15) is 5.54 Å². The summed E-state index contributed by atoms with van der Waals surface area (Å²) in [5.41, 5.74) is 2.47. The van der Waals surface area contributed by atoms with E-state index in [0.29, 0.717) is 39.0 Å². The van der Waals surface area contributed by atoms with Gasteiger partial charge in [0.25, 0.3) is 11.8 Å². The van der Waals surface area contributed by atoms with Crippen molar-refractivity contribution in [2.75, 3.05) is 32.7 Å². The second kappa shape index (κ2) is 8.66. The molecule has 0 bridgehead atoms. The zero-order chi connectivity index (χ0) is 22.0. The topological polar surface area (TPSA) is 102 Å². The summed E-state index contributed by atoms with van der Waals surface area (Å²) in [5.74, 6) is -0.455. The fourth-order valence-corrected chi connectivity index (χ4v) is 4.07. The fourth-order valence-electron chi connectivity index (χ4n) is 4.07. The van der Waals surface area contributed by atoms with E-state index in [1.165, 1.54) is 0 Å². The van der Waals surface area contributed by atoms with Crippen molar-refractivity contribution in [1.82, 2.24) is 25.6 Å². The number of carbonyl (C=O) groups excluding carboxylic acids is 4. The van der Waals surface area contributed by atoms with E-state index in [4.69, 9.17) is 0 Å². The summed E-state index contributed by atoms with van der Waals surface area (Å²) in [5, 5.41) is 3.50. The first-order valence-electron chi connectivity index (χ1n) is 10.9. The van der Waals surface area contributed by atoms with Gasteiger partial charge in [-0.3, -0.25) is 24.7 Å². The molecule has 2 heterocycles. The van der Waals surface area contributed by atoms with Crippen LogP contribution in [-0.2, 0) is 20.8 Å². The molecular formula is C22H29N5O4. The molecule has 2 N–H and O–H groups in total. The molecule has 9 heteroatoms. The number of carbonyl (C=O) groups is 4. The molecule has 0 spiro atoms. The van der Waals surface area contributed by atoms with Crippen molar-refractivity contribution in [2.24, 2.45) is 5.92 Å². The number of amides is 5. The van der Waals surface area contributed by atoms with Crippen LogP contribution in [0.5, 0.6) is 0 Å². The van der Waals surface area contributed by atoms with Gasteiger partial charge in [-0.2, -0.15) is 5.01 Å². The molecule has 1 aliphatic carbocycles. The van der Waals surface area contributed by atoms with E-state index in [9.17, 15) is 19.2 Å². The van der Waals surface area contributed by atoms with Gasteiger partial charge in [-0.1, -0.05) is 30.3 Å². The van der Waals surface area contributed by atoms with Crippen LogP contribution >= 0.6 is 0 Å². The van der Waals surface area contributed by atoms with Gasteiger partial charge in [-0.05, 0) is 38.2 Å². The third-order valence-electron chi connectivity index (χ3n) is 6.23. The molecule has 1 saturated carbocycles. The molecular weight excluding hydrogens is 398 g/mol. The van der Waals surface area contributed by atoms with Crippen molar-refractivity contribution in [2.45, 2.75) is 38.1 Å². The van der Waals surface area contributed by atoms with Gasteiger partial charge in [0.05, 0.1) is 6.54 Å². The van der Waals surface area contributed by atoms with Crippen molar-refractivity contribution in [3.63, 3.8) is 0 Å². The number of hydrogen-bond donors (Lipinski definition) is 2. The Bertz CT molecular complexity index is 864. The summed E-state index contributed by atoms with van der Waals surface area (Å²) in [7, 11) is 0. The number of urea groups is 1. The van der Waals surface area contributed by atoms with Gasteiger partial charge in [-0.25, -0.2) is 4.79 Å². The smallest absolute Gasteiger partial charge is 0.340 e. The number of imide groups is 1. The molecule has 166 valence electrons. The zero-order valence-corrected chi connectivity index (χ0v) is 17.8. The van der Waals surface area contributed by atoms with Gasteiger partial charge < -0.3 is 10.2 Å². The number of aryl methyl sites for hydroxylation is 1. The molecule has 2 aliphatic heterocycles. The maximum Gasteiger partial charge on any atom is 0.344 e.